The molecule has 1 unspecified atom stereocenters. The maximum absolute atomic E-state index is 5.85. The molecule has 104 valence electrons. The molecule has 0 spiro atoms. The van der Waals surface area contributed by atoms with Crippen LogP contribution in [0.3, 0.4) is 0 Å². The minimum absolute atomic E-state index is 0.509. The van der Waals surface area contributed by atoms with Crippen LogP contribution in [-0.4, -0.2) is 9.55 Å². The summed E-state index contributed by atoms with van der Waals surface area (Å²) in [5.41, 5.74) is 8.88. The monoisotopic (exact) mass is 259 g/mol. The quantitative estimate of drug-likeness (QED) is 0.620. The molecule has 1 atom stereocenters. The fourth-order valence-corrected chi connectivity index (χ4v) is 2.73. The maximum atomic E-state index is 5.85. The predicted molar refractivity (Wildman–Crippen MR) is 82.4 cm³/mol. The van der Waals surface area contributed by atoms with Crippen molar-refractivity contribution in [2.45, 2.75) is 58.9 Å². The Morgan fingerprint density at radius 1 is 1.26 bits per heavy atom. The van der Waals surface area contributed by atoms with Crippen molar-refractivity contribution in [1.82, 2.24) is 9.55 Å². The van der Waals surface area contributed by atoms with Crippen LogP contribution in [0.2, 0.25) is 0 Å². The molecule has 2 aromatic rings. The summed E-state index contributed by atoms with van der Waals surface area (Å²) >= 11 is 0. The summed E-state index contributed by atoms with van der Waals surface area (Å²) in [7, 11) is 0. The van der Waals surface area contributed by atoms with Crippen LogP contribution in [0.25, 0.3) is 11.0 Å². The summed E-state index contributed by atoms with van der Waals surface area (Å²) in [4.78, 5) is 4.72. The van der Waals surface area contributed by atoms with E-state index >= 15 is 0 Å². The minimum Gasteiger partial charge on any atom is -0.399 e. The van der Waals surface area contributed by atoms with E-state index < -0.39 is 0 Å². The average Bonchev–Trinajstić information content (AvgIpc) is 2.76. The standard InChI is InChI=1S/C16H25N3/c1-4-6-7-8-12(3)19-15-10-9-13(17)11-14(15)18-16(19)5-2/h9-12H,4-8,17H2,1-3H3. The second kappa shape index (κ2) is 6.09. The van der Waals surface area contributed by atoms with Crippen molar-refractivity contribution in [1.29, 1.82) is 0 Å². The zero-order valence-electron chi connectivity index (χ0n) is 12.3. The van der Waals surface area contributed by atoms with E-state index in [0.717, 1.165) is 17.6 Å². The van der Waals surface area contributed by atoms with E-state index in [1.54, 1.807) is 0 Å². The summed E-state index contributed by atoms with van der Waals surface area (Å²) in [6, 6.07) is 6.56. The number of nitrogens with two attached hydrogens (primary N) is 1. The highest BCUT2D eigenvalue weighted by atomic mass is 15.1. The molecule has 0 saturated carbocycles. The van der Waals surface area contributed by atoms with Gasteiger partial charge in [0.05, 0.1) is 11.0 Å². The van der Waals surface area contributed by atoms with E-state index in [0.29, 0.717) is 6.04 Å². The van der Waals surface area contributed by atoms with Crippen LogP contribution in [0.4, 0.5) is 5.69 Å². The van der Waals surface area contributed by atoms with Crippen molar-refractivity contribution in [2.24, 2.45) is 0 Å². The molecule has 0 fully saturated rings. The van der Waals surface area contributed by atoms with Crippen LogP contribution >= 0.6 is 0 Å². The third-order valence-electron chi connectivity index (χ3n) is 3.77. The normalized spacial score (nSPS) is 13.0. The summed E-state index contributed by atoms with van der Waals surface area (Å²) < 4.78 is 2.39. The van der Waals surface area contributed by atoms with Crippen molar-refractivity contribution in [3.63, 3.8) is 0 Å². The number of anilines is 1. The molecule has 2 N–H and O–H groups in total. The van der Waals surface area contributed by atoms with Gasteiger partial charge in [-0.3, -0.25) is 0 Å². The molecule has 1 aromatic carbocycles. The first-order chi connectivity index (χ1) is 9.17. The van der Waals surface area contributed by atoms with Crippen molar-refractivity contribution in [2.75, 3.05) is 5.73 Å². The van der Waals surface area contributed by atoms with E-state index in [1.165, 1.54) is 37.0 Å². The first-order valence-electron chi connectivity index (χ1n) is 7.43. The molecule has 3 heteroatoms. The number of benzene rings is 1. The lowest BCUT2D eigenvalue weighted by molar-refractivity contribution is 0.474. The molecule has 0 bridgehead atoms. The lowest BCUT2D eigenvalue weighted by atomic mass is 10.1. The second-order valence-corrected chi connectivity index (χ2v) is 5.34. The molecule has 1 heterocycles. The van der Waals surface area contributed by atoms with E-state index in [9.17, 15) is 0 Å². The Labute approximate surface area is 115 Å². The first kappa shape index (κ1) is 13.9. The SMILES string of the molecule is CCCCCC(C)n1c(CC)nc2cc(N)ccc21. The van der Waals surface area contributed by atoms with Gasteiger partial charge in [0, 0.05) is 18.2 Å². The fourth-order valence-electron chi connectivity index (χ4n) is 2.73. The first-order valence-corrected chi connectivity index (χ1v) is 7.43. The Balaban J connectivity index is 2.34. The molecular formula is C16H25N3. The van der Waals surface area contributed by atoms with Gasteiger partial charge < -0.3 is 10.3 Å². The summed E-state index contributed by atoms with van der Waals surface area (Å²) in [6.45, 7) is 6.71. The zero-order valence-corrected chi connectivity index (χ0v) is 12.3. The Kier molecular flexibility index (Phi) is 4.46. The van der Waals surface area contributed by atoms with Gasteiger partial charge in [0.25, 0.3) is 0 Å². The molecule has 0 aliphatic rings. The minimum atomic E-state index is 0.509. The maximum Gasteiger partial charge on any atom is 0.109 e. The zero-order chi connectivity index (χ0) is 13.8. The highest BCUT2D eigenvalue weighted by Crippen LogP contribution is 2.26. The molecule has 0 aliphatic carbocycles. The number of imidazole rings is 1. The topological polar surface area (TPSA) is 43.8 Å². The van der Waals surface area contributed by atoms with Gasteiger partial charge in [-0.2, -0.15) is 0 Å². The second-order valence-electron chi connectivity index (χ2n) is 5.34. The van der Waals surface area contributed by atoms with Crippen molar-refractivity contribution < 1.29 is 0 Å². The van der Waals surface area contributed by atoms with Crippen LogP contribution in [0.5, 0.6) is 0 Å². The Morgan fingerprint density at radius 2 is 2.05 bits per heavy atom. The van der Waals surface area contributed by atoms with Crippen LogP contribution in [-0.2, 0) is 6.42 Å². The number of hydrogen-bond acceptors (Lipinski definition) is 2. The number of hydrogen-bond donors (Lipinski definition) is 1. The number of fused-ring (bicyclic) bond motifs is 1. The third kappa shape index (κ3) is 2.91. The predicted octanol–water partition coefficient (Wildman–Crippen LogP) is 4.32. The van der Waals surface area contributed by atoms with E-state index in [-0.39, 0.29) is 0 Å². The molecule has 19 heavy (non-hydrogen) atoms. The van der Waals surface area contributed by atoms with Gasteiger partial charge in [0.2, 0.25) is 0 Å². The van der Waals surface area contributed by atoms with Crippen LogP contribution in [0, 0.1) is 0 Å². The summed E-state index contributed by atoms with van der Waals surface area (Å²) in [5, 5.41) is 0. The average molecular weight is 259 g/mol. The van der Waals surface area contributed by atoms with Gasteiger partial charge in [-0.15, -0.1) is 0 Å². The number of nitrogens with zero attached hydrogens (tertiary/aromatic N) is 2. The molecule has 2 rings (SSSR count). The van der Waals surface area contributed by atoms with Crippen LogP contribution in [0.1, 0.15) is 58.3 Å². The lowest BCUT2D eigenvalue weighted by Gasteiger charge is -2.17. The molecule has 0 amide bonds. The summed E-state index contributed by atoms with van der Waals surface area (Å²) in [5.74, 6) is 1.17. The number of rotatable bonds is 6. The molecule has 3 nitrogen and oxygen atoms in total. The van der Waals surface area contributed by atoms with Gasteiger partial charge in [0.1, 0.15) is 5.82 Å². The van der Waals surface area contributed by atoms with Gasteiger partial charge in [-0.25, -0.2) is 4.98 Å². The molecule has 0 saturated heterocycles. The van der Waals surface area contributed by atoms with Crippen molar-refractivity contribution in [3.05, 3.63) is 24.0 Å². The van der Waals surface area contributed by atoms with Crippen molar-refractivity contribution >= 4 is 16.7 Å². The fraction of sp³-hybridized carbons (Fsp3) is 0.562. The van der Waals surface area contributed by atoms with E-state index in [2.05, 4.69) is 31.4 Å². The Hall–Kier alpha value is -1.51. The van der Waals surface area contributed by atoms with Gasteiger partial charge in [-0.1, -0.05) is 33.1 Å². The van der Waals surface area contributed by atoms with Crippen LogP contribution < -0.4 is 5.73 Å². The molecule has 0 radical (unpaired) electrons. The van der Waals surface area contributed by atoms with E-state index in [4.69, 9.17) is 10.7 Å². The van der Waals surface area contributed by atoms with Crippen LogP contribution in [0.15, 0.2) is 18.2 Å². The highest BCUT2D eigenvalue weighted by Gasteiger charge is 2.14. The molecule has 0 aliphatic heterocycles. The summed E-state index contributed by atoms with van der Waals surface area (Å²) in [6.07, 6.45) is 6.05. The van der Waals surface area contributed by atoms with Gasteiger partial charge >= 0.3 is 0 Å². The number of unbranched alkanes of at least 4 members (excludes halogenated alkanes) is 2. The van der Waals surface area contributed by atoms with E-state index in [1.807, 2.05) is 12.1 Å². The lowest BCUT2D eigenvalue weighted by Crippen LogP contribution is -2.09. The molecular weight excluding hydrogens is 234 g/mol. The Morgan fingerprint density at radius 3 is 2.74 bits per heavy atom. The number of nitrogen functional groups attached to an aromatic ring is 1. The number of aryl methyl sites for hydroxylation is 1. The number of aromatic nitrogens is 2. The Bertz CT molecular complexity index is 542. The third-order valence-corrected chi connectivity index (χ3v) is 3.77. The van der Waals surface area contributed by atoms with Gasteiger partial charge in [0.15, 0.2) is 0 Å². The highest BCUT2D eigenvalue weighted by molar-refractivity contribution is 5.79. The van der Waals surface area contributed by atoms with Crippen molar-refractivity contribution in [3.8, 4) is 0 Å². The largest absolute Gasteiger partial charge is 0.399 e. The van der Waals surface area contributed by atoms with Gasteiger partial charge in [-0.05, 0) is 31.5 Å². The molecule has 1 aromatic heterocycles. The smallest absolute Gasteiger partial charge is 0.109 e.